The summed E-state index contributed by atoms with van der Waals surface area (Å²) in [6.45, 7) is 6.37. The van der Waals surface area contributed by atoms with Crippen molar-refractivity contribution in [2.45, 2.75) is 27.3 Å². The Morgan fingerprint density at radius 2 is 1.41 bits per heavy atom. The predicted molar refractivity (Wildman–Crippen MR) is 105 cm³/mol. The summed E-state index contributed by atoms with van der Waals surface area (Å²) < 4.78 is 7.26. The second kappa shape index (κ2) is 8.04. The van der Waals surface area contributed by atoms with Crippen molar-refractivity contribution in [3.63, 3.8) is 0 Å². The Bertz CT molecular complexity index is 956. The molecule has 138 valence electrons. The van der Waals surface area contributed by atoms with Crippen LogP contribution in [0.1, 0.15) is 50.2 Å². The topological polar surface area (TPSA) is 48.3 Å². The Kier molecular flexibility index (Phi) is 5.55. The molecular weight excluding hydrogens is 338 g/mol. The van der Waals surface area contributed by atoms with E-state index in [1.54, 1.807) is 19.1 Å². The first-order chi connectivity index (χ1) is 13.0. The molecule has 0 radical (unpaired) electrons. The van der Waals surface area contributed by atoms with E-state index in [9.17, 15) is 9.59 Å². The van der Waals surface area contributed by atoms with Crippen LogP contribution in [0.4, 0.5) is 0 Å². The first-order valence-corrected chi connectivity index (χ1v) is 9.05. The number of ketones is 1. The molecular formula is C23H23NO3. The molecule has 0 amide bonds. The van der Waals surface area contributed by atoms with Gasteiger partial charge in [0.05, 0.1) is 17.7 Å². The maximum atomic E-state index is 13.2. The number of aromatic nitrogens is 1. The van der Waals surface area contributed by atoms with Gasteiger partial charge in [-0.25, -0.2) is 4.79 Å². The molecule has 0 spiro atoms. The predicted octanol–water partition coefficient (Wildman–Crippen LogP) is 4.56. The normalized spacial score (nSPS) is 10.6. The van der Waals surface area contributed by atoms with Crippen molar-refractivity contribution in [3.8, 4) is 0 Å². The molecule has 0 atom stereocenters. The number of benzene rings is 2. The third-order valence-corrected chi connectivity index (χ3v) is 4.71. The molecule has 0 unspecified atom stereocenters. The minimum atomic E-state index is -0.454. The lowest BCUT2D eigenvalue weighted by atomic mass is 9.99. The molecule has 0 saturated heterocycles. The molecule has 0 N–H and O–H groups in total. The van der Waals surface area contributed by atoms with Gasteiger partial charge < -0.3 is 9.30 Å². The van der Waals surface area contributed by atoms with Crippen LogP contribution >= 0.6 is 0 Å². The Hall–Kier alpha value is -3.14. The molecule has 1 aromatic heterocycles. The average Bonchev–Trinajstić information content (AvgIpc) is 2.94. The maximum absolute atomic E-state index is 13.2. The van der Waals surface area contributed by atoms with E-state index in [4.69, 9.17) is 4.74 Å². The highest BCUT2D eigenvalue weighted by atomic mass is 16.5. The van der Waals surface area contributed by atoms with Crippen LogP contribution in [0.15, 0.2) is 60.7 Å². The van der Waals surface area contributed by atoms with E-state index in [0.29, 0.717) is 23.2 Å². The van der Waals surface area contributed by atoms with Crippen LogP contribution in [0.5, 0.6) is 0 Å². The van der Waals surface area contributed by atoms with Crippen LogP contribution in [0.3, 0.4) is 0 Å². The molecule has 0 fully saturated rings. The lowest BCUT2D eigenvalue weighted by Crippen LogP contribution is -2.12. The molecule has 0 bridgehead atoms. The van der Waals surface area contributed by atoms with Crippen molar-refractivity contribution in [1.82, 2.24) is 4.57 Å². The summed E-state index contributed by atoms with van der Waals surface area (Å²) in [5.74, 6) is -0.616. The highest BCUT2D eigenvalue weighted by Crippen LogP contribution is 2.27. The fourth-order valence-corrected chi connectivity index (χ4v) is 3.35. The van der Waals surface area contributed by atoms with Crippen molar-refractivity contribution < 1.29 is 14.3 Å². The minimum Gasteiger partial charge on any atom is -0.462 e. The Morgan fingerprint density at radius 3 is 2.00 bits per heavy atom. The second-order valence-corrected chi connectivity index (χ2v) is 6.41. The summed E-state index contributed by atoms with van der Waals surface area (Å²) in [4.78, 5) is 25.8. The standard InChI is InChI=1S/C23H23NO3/c1-4-27-23(26)21-17(3)24(15-18-11-7-5-8-12-18)16(2)20(21)22(25)19-13-9-6-10-14-19/h5-14H,4,15H2,1-3H3. The van der Waals surface area contributed by atoms with Crippen molar-refractivity contribution in [1.29, 1.82) is 0 Å². The quantitative estimate of drug-likeness (QED) is 0.478. The highest BCUT2D eigenvalue weighted by Gasteiger charge is 2.28. The van der Waals surface area contributed by atoms with Gasteiger partial charge in [-0.2, -0.15) is 0 Å². The third kappa shape index (κ3) is 3.70. The van der Waals surface area contributed by atoms with Gasteiger partial charge in [0.25, 0.3) is 0 Å². The summed E-state index contributed by atoms with van der Waals surface area (Å²) in [6.07, 6.45) is 0. The fraction of sp³-hybridized carbons (Fsp3) is 0.217. The Balaban J connectivity index is 2.14. The summed E-state index contributed by atoms with van der Waals surface area (Å²) in [5, 5.41) is 0. The van der Waals surface area contributed by atoms with Crippen LogP contribution in [0.2, 0.25) is 0 Å². The lowest BCUT2D eigenvalue weighted by Gasteiger charge is -2.10. The largest absolute Gasteiger partial charge is 0.462 e. The number of esters is 1. The van der Waals surface area contributed by atoms with Gasteiger partial charge >= 0.3 is 5.97 Å². The lowest BCUT2D eigenvalue weighted by molar-refractivity contribution is 0.0522. The molecule has 1 heterocycles. The summed E-state index contributed by atoms with van der Waals surface area (Å²) >= 11 is 0. The van der Waals surface area contributed by atoms with E-state index >= 15 is 0 Å². The van der Waals surface area contributed by atoms with Gasteiger partial charge in [0.15, 0.2) is 5.78 Å². The van der Waals surface area contributed by atoms with Gasteiger partial charge in [-0.05, 0) is 26.3 Å². The first-order valence-electron chi connectivity index (χ1n) is 9.05. The molecule has 27 heavy (non-hydrogen) atoms. The number of rotatable bonds is 6. The molecule has 3 rings (SSSR count). The number of ether oxygens (including phenoxy) is 1. The monoisotopic (exact) mass is 361 g/mol. The molecule has 0 aliphatic carbocycles. The minimum absolute atomic E-state index is 0.161. The Morgan fingerprint density at radius 1 is 0.852 bits per heavy atom. The maximum Gasteiger partial charge on any atom is 0.340 e. The molecule has 4 heteroatoms. The molecule has 0 aliphatic rings. The van der Waals surface area contributed by atoms with Crippen LogP contribution in [0, 0.1) is 13.8 Å². The van der Waals surface area contributed by atoms with Gasteiger partial charge in [0, 0.05) is 23.5 Å². The van der Waals surface area contributed by atoms with E-state index in [1.807, 2.05) is 66.9 Å². The van der Waals surface area contributed by atoms with Crippen LogP contribution in [0.25, 0.3) is 0 Å². The van der Waals surface area contributed by atoms with Crippen molar-refractivity contribution >= 4 is 11.8 Å². The average molecular weight is 361 g/mol. The van der Waals surface area contributed by atoms with E-state index in [2.05, 4.69) is 0 Å². The zero-order valence-electron chi connectivity index (χ0n) is 15.9. The molecule has 2 aromatic carbocycles. The zero-order chi connectivity index (χ0) is 19.4. The van der Waals surface area contributed by atoms with Gasteiger partial charge in [-0.1, -0.05) is 60.7 Å². The summed E-state index contributed by atoms with van der Waals surface area (Å²) in [6, 6.07) is 19.0. The summed E-state index contributed by atoms with van der Waals surface area (Å²) in [5.41, 5.74) is 3.96. The Labute approximate surface area is 159 Å². The fourth-order valence-electron chi connectivity index (χ4n) is 3.35. The molecule has 4 nitrogen and oxygen atoms in total. The van der Waals surface area contributed by atoms with Crippen molar-refractivity contribution in [2.24, 2.45) is 0 Å². The number of carbonyl (C=O) groups excluding carboxylic acids is 2. The van der Waals surface area contributed by atoms with Gasteiger partial charge in [0.1, 0.15) is 0 Å². The first kappa shape index (κ1) is 18.6. The van der Waals surface area contributed by atoms with Crippen LogP contribution < -0.4 is 0 Å². The molecule has 3 aromatic rings. The van der Waals surface area contributed by atoms with Gasteiger partial charge in [0.2, 0.25) is 0 Å². The van der Waals surface area contributed by atoms with E-state index in [-0.39, 0.29) is 12.4 Å². The number of hydrogen-bond donors (Lipinski definition) is 0. The second-order valence-electron chi connectivity index (χ2n) is 6.41. The van der Waals surface area contributed by atoms with Gasteiger partial charge in [-0.15, -0.1) is 0 Å². The van der Waals surface area contributed by atoms with E-state index in [1.165, 1.54) is 0 Å². The number of carbonyl (C=O) groups is 2. The van der Waals surface area contributed by atoms with E-state index < -0.39 is 5.97 Å². The zero-order valence-corrected chi connectivity index (χ0v) is 15.9. The number of nitrogens with zero attached hydrogens (tertiary/aromatic N) is 1. The van der Waals surface area contributed by atoms with Crippen molar-refractivity contribution in [2.75, 3.05) is 6.61 Å². The third-order valence-electron chi connectivity index (χ3n) is 4.71. The smallest absolute Gasteiger partial charge is 0.340 e. The summed E-state index contributed by atoms with van der Waals surface area (Å²) in [7, 11) is 0. The van der Waals surface area contributed by atoms with Gasteiger partial charge in [-0.3, -0.25) is 4.79 Å². The van der Waals surface area contributed by atoms with Crippen LogP contribution in [-0.2, 0) is 11.3 Å². The highest BCUT2D eigenvalue weighted by molar-refractivity contribution is 6.15. The molecule has 0 saturated carbocycles. The SMILES string of the molecule is CCOC(=O)c1c(C(=O)c2ccccc2)c(C)n(Cc2ccccc2)c1C. The van der Waals surface area contributed by atoms with Crippen molar-refractivity contribution in [3.05, 3.63) is 94.3 Å². The number of hydrogen-bond acceptors (Lipinski definition) is 3. The van der Waals surface area contributed by atoms with Crippen LogP contribution in [-0.4, -0.2) is 22.9 Å². The molecule has 0 aliphatic heterocycles. The van der Waals surface area contributed by atoms with E-state index in [0.717, 1.165) is 17.0 Å².